The van der Waals surface area contributed by atoms with E-state index in [0.717, 1.165) is 0 Å². The zero-order chi connectivity index (χ0) is 18.7. The minimum Gasteiger partial charge on any atom is -0.493 e. The van der Waals surface area contributed by atoms with Crippen LogP contribution in [0.4, 0.5) is 0 Å². The Morgan fingerprint density at radius 2 is 1.81 bits per heavy atom. The molecule has 0 amide bonds. The van der Waals surface area contributed by atoms with Crippen LogP contribution < -0.4 is 9.47 Å². The molecule has 0 spiro atoms. The lowest BCUT2D eigenvalue weighted by atomic mass is 10.1. The van der Waals surface area contributed by atoms with Crippen LogP contribution in [0.5, 0.6) is 11.5 Å². The summed E-state index contributed by atoms with van der Waals surface area (Å²) >= 11 is 6.29. The van der Waals surface area contributed by atoms with Crippen molar-refractivity contribution in [2.45, 2.75) is 0 Å². The lowest BCUT2D eigenvalue weighted by Crippen LogP contribution is -2.00. The SMILES string of the molecule is COC(=O)c1cccc(-c2noc(-c3cc(OC)c(OC)cc3Cl)n2)c1. The number of halogens is 1. The van der Waals surface area contributed by atoms with Crippen LogP contribution in [0.1, 0.15) is 10.4 Å². The van der Waals surface area contributed by atoms with Gasteiger partial charge in [0.2, 0.25) is 5.82 Å². The molecule has 3 rings (SSSR count). The first kappa shape index (κ1) is 17.8. The molecule has 0 aliphatic rings. The van der Waals surface area contributed by atoms with Crippen molar-refractivity contribution in [3.8, 4) is 34.3 Å². The summed E-state index contributed by atoms with van der Waals surface area (Å²) in [5.41, 5.74) is 1.51. The first-order chi connectivity index (χ1) is 12.6. The molecule has 0 bridgehead atoms. The van der Waals surface area contributed by atoms with Gasteiger partial charge in [0.25, 0.3) is 5.89 Å². The maximum absolute atomic E-state index is 11.7. The minimum absolute atomic E-state index is 0.217. The molecule has 7 nitrogen and oxygen atoms in total. The Labute approximate surface area is 154 Å². The zero-order valence-electron chi connectivity index (χ0n) is 14.3. The highest BCUT2D eigenvalue weighted by Crippen LogP contribution is 2.38. The number of benzene rings is 2. The summed E-state index contributed by atoms with van der Waals surface area (Å²) in [4.78, 5) is 16.0. The highest BCUT2D eigenvalue weighted by molar-refractivity contribution is 6.33. The fraction of sp³-hybridized carbons (Fsp3) is 0.167. The standard InChI is InChI=1S/C18H15ClN2O5/c1-23-14-8-12(13(19)9-15(14)24-2)17-20-16(21-26-17)10-5-4-6-11(7-10)18(22)25-3/h4-9H,1-3H3. The molecule has 0 aliphatic carbocycles. The summed E-state index contributed by atoms with van der Waals surface area (Å²) < 4.78 is 20.5. The van der Waals surface area contributed by atoms with Crippen molar-refractivity contribution in [3.63, 3.8) is 0 Å². The molecule has 3 aromatic rings. The fourth-order valence-electron chi connectivity index (χ4n) is 2.37. The number of carbonyl (C=O) groups is 1. The van der Waals surface area contributed by atoms with Crippen LogP contribution in [0.2, 0.25) is 5.02 Å². The van der Waals surface area contributed by atoms with Gasteiger partial charge in [0.1, 0.15) is 0 Å². The number of hydrogen-bond acceptors (Lipinski definition) is 7. The summed E-state index contributed by atoms with van der Waals surface area (Å²) in [5, 5.41) is 4.34. The van der Waals surface area contributed by atoms with Crippen LogP contribution in [0.15, 0.2) is 40.9 Å². The van der Waals surface area contributed by atoms with E-state index >= 15 is 0 Å². The number of nitrogens with zero attached hydrogens (tertiary/aromatic N) is 2. The lowest BCUT2D eigenvalue weighted by Gasteiger charge is -2.09. The van der Waals surface area contributed by atoms with Crippen molar-refractivity contribution >= 4 is 17.6 Å². The zero-order valence-corrected chi connectivity index (χ0v) is 15.0. The summed E-state index contributed by atoms with van der Waals surface area (Å²) in [6, 6.07) is 10.00. The van der Waals surface area contributed by atoms with Gasteiger partial charge in [-0.05, 0) is 18.2 Å². The predicted molar refractivity (Wildman–Crippen MR) is 94.6 cm³/mol. The Bertz CT molecular complexity index is 955. The lowest BCUT2D eigenvalue weighted by molar-refractivity contribution is 0.0601. The first-order valence-electron chi connectivity index (χ1n) is 7.51. The van der Waals surface area contributed by atoms with Crippen molar-refractivity contribution in [1.29, 1.82) is 0 Å². The monoisotopic (exact) mass is 374 g/mol. The number of carbonyl (C=O) groups excluding carboxylic acids is 1. The van der Waals surface area contributed by atoms with E-state index in [0.29, 0.717) is 39.0 Å². The number of ether oxygens (including phenoxy) is 3. The Morgan fingerprint density at radius 3 is 2.50 bits per heavy atom. The van der Waals surface area contributed by atoms with Gasteiger partial charge in [-0.2, -0.15) is 4.98 Å². The maximum atomic E-state index is 11.7. The topological polar surface area (TPSA) is 83.7 Å². The predicted octanol–water partition coefficient (Wildman–Crippen LogP) is 3.86. The van der Waals surface area contributed by atoms with E-state index < -0.39 is 5.97 Å². The van der Waals surface area contributed by atoms with Crippen LogP contribution >= 0.6 is 11.6 Å². The third-order valence-electron chi connectivity index (χ3n) is 3.67. The molecule has 26 heavy (non-hydrogen) atoms. The average Bonchev–Trinajstić information content (AvgIpc) is 3.17. The van der Waals surface area contributed by atoms with Crippen molar-refractivity contribution in [3.05, 3.63) is 47.0 Å². The second-order valence-electron chi connectivity index (χ2n) is 5.18. The van der Waals surface area contributed by atoms with Gasteiger partial charge in [-0.15, -0.1) is 0 Å². The first-order valence-corrected chi connectivity index (χ1v) is 7.89. The minimum atomic E-state index is -0.446. The molecule has 1 aromatic heterocycles. The Hall–Kier alpha value is -3.06. The fourth-order valence-corrected chi connectivity index (χ4v) is 2.61. The van der Waals surface area contributed by atoms with Gasteiger partial charge < -0.3 is 18.7 Å². The van der Waals surface area contributed by atoms with Crippen molar-refractivity contribution in [1.82, 2.24) is 10.1 Å². The molecular formula is C18H15ClN2O5. The highest BCUT2D eigenvalue weighted by Gasteiger charge is 2.18. The van der Waals surface area contributed by atoms with E-state index in [4.69, 9.17) is 30.3 Å². The van der Waals surface area contributed by atoms with Gasteiger partial charge in [-0.25, -0.2) is 4.79 Å². The van der Waals surface area contributed by atoms with E-state index in [-0.39, 0.29) is 5.89 Å². The van der Waals surface area contributed by atoms with E-state index in [9.17, 15) is 4.79 Å². The van der Waals surface area contributed by atoms with Crippen LogP contribution in [-0.2, 0) is 4.74 Å². The van der Waals surface area contributed by atoms with Crippen LogP contribution in [0.25, 0.3) is 22.8 Å². The van der Waals surface area contributed by atoms with E-state index in [2.05, 4.69) is 10.1 Å². The third-order valence-corrected chi connectivity index (χ3v) is 3.98. The van der Waals surface area contributed by atoms with Crippen molar-refractivity contribution in [2.24, 2.45) is 0 Å². The molecule has 0 fully saturated rings. The number of esters is 1. The summed E-state index contributed by atoms with van der Waals surface area (Å²) in [5.74, 6) is 1.07. The molecule has 0 saturated heterocycles. The van der Waals surface area contributed by atoms with Gasteiger partial charge in [-0.3, -0.25) is 0 Å². The summed E-state index contributed by atoms with van der Waals surface area (Å²) in [6.07, 6.45) is 0. The van der Waals surface area contributed by atoms with E-state index in [1.54, 1.807) is 36.4 Å². The van der Waals surface area contributed by atoms with E-state index in [1.165, 1.54) is 21.3 Å². The third kappa shape index (κ3) is 3.34. The highest BCUT2D eigenvalue weighted by atomic mass is 35.5. The summed E-state index contributed by atoms with van der Waals surface area (Å²) in [7, 11) is 4.36. The second kappa shape index (κ2) is 7.45. The van der Waals surface area contributed by atoms with E-state index in [1.807, 2.05) is 0 Å². The molecule has 0 radical (unpaired) electrons. The summed E-state index contributed by atoms with van der Waals surface area (Å²) in [6.45, 7) is 0. The smallest absolute Gasteiger partial charge is 0.337 e. The van der Waals surface area contributed by atoms with Crippen LogP contribution in [0.3, 0.4) is 0 Å². The molecular weight excluding hydrogens is 360 g/mol. The van der Waals surface area contributed by atoms with Crippen LogP contribution in [0, 0.1) is 0 Å². The normalized spacial score (nSPS) is 10.5. The molecule has 0 unspecified atom stereocenters. The Morgan fingerprint density at radius 1 is 1.08 bits per heavy atom. The van der Waals surface area contributed by atoms with Gasteiger partial charge in [-0.1, -0.05) is 28.9 Å². The quantitative estimate of drug-likeness (QED) is 0.627. The molecule has 8 heteroatoms. The molecule has 2 aromatic carbocycles. The maximum Gasteiger partial charge on any atom is 0.337 e. The Kier molecular flexibility index (Phi) is 5.09. The van der Waals surface area contributed by atoms with Gasteiger partial charge in [0, 0.05) is 11.6 Å². The Balaban J connectivity index is 2.00. The number of aromatic nitrogens is 2. The molecule has 134 valence electrons. The molecule has 0 aliphatic heterocycles. The molecule has 1 heterocycles. The number of hydrogen-bond donors (Lipinski definition) is 0. The van der Waals surface area contributed by atoms with Gasteiger partial charge in [0.15, 0.2) is 11.5 Å². The van der Waals surface area contributed by atoms with Gasteiger partial charge in [0.05, 0.1) is 37.5 Å². The molecule has 0 N–H and O–H groups in total. The van der Waals surface area contributed by atoms with Gasteiger partial charge >= 0.3 is 5.97 Å². The number of rotatable bonds is 5. The molecule has 0 atom stereocenters. The molecule has 0 saturated carbocycles. The largest absolute Gasteiger partial charge is 0.493 e. The van der Waals surface area contributed by atoms with Crippen molar-refractivity contribution in [2.75, 3.05) is 21.3 Å². The number of methoxy groups -OCH3 is 3. The van der Waals surface area contributed by atoms with Crippen LogP contribution in [-0.4, -0.2) is 37.4 Å². The average molecular weight is 375 g/mol. The second-order valence-corrected chi connectivity index (χ2v) is 5.59. The van der Waals surface area contributed by atoms with Crippen molar-refractivity contribution < 1.29 is 23.5 Å².